The van der Waals surface area contributed by atoms with Gasteiger partial charge in [-0.05, 0) is 24.0 Å². The number of benzene rings is 1. The van der Waals surface area contributed by atoms with E-state index in [0.29, 0.717) is 0 Å². The van der Waals surface area contributed by atoms with Crippen LogP contribution in [0.1, 0.15) is 36.3 Å². The molecule has 2 fully saturated rings. The van der Waals surface area contributed by atoms with Crippen LogP contribution >= 0.6 is 0 Å². The van der Waals surface area contributed by atoms with Crippen LogP contribution in [0.5, 0.6) is 0 Å². The van der Waals surface area contributed by atoms with Gasteiger partial charge >= 0.3 is 23.9 Å². The molecule has 4 rings (SSSR count). The molecule has 0 spiro atoms. The van der Waals surface area contributed by atoms with E-state index >= 15 is 0 Å². The Kier molecular flexibility index (Phi) is 3.75. The lowest BCUT2D eigenvalue weighted by molar-refractivity contribution is -0.154. The van der Waals surface area contributed by atoms with Gasteiger partial charge in [-0.25, -0.2) is 0 Å². The Bertz CT molecular complexity index is 648. The fraction of sp³-hybridized carbons (Fsp3) is 0.375. The number of fused-ring (bicyclic) bond motifs is 3. The number of ether oxygens (including phenoxy) is 2. The van der Waals surface area contributed by atoms with Crippen molar-refractivity contribution in [2.75, 3.05) is 0 Å². The van der Waals surface area contributed by atoms with Gasteiger partial charge in [-0.2, -0.15) is 0 Å². The van der Waals surface area contributed by atoms with Crippen LogP contribution in [0.3, 0.4) is 0 Å². The summed E-state index contributed by atoms with van der Waals surface area (Å²) in [4.78, 5) is 42.9. The van der Waals surface area contributed by atoms with E-state index in [9.17, 15) is 19.2 Å². The highest BCUT2D eigenvalue weighted by atomic mass is 16.6. The third kappa shape index (κ3) is 2.64. The Hall–Kier alpha value is -2.50. The van der Waals surface area contributed by atoms with Crippen molar-refractivity contribution in [2.45, 2.75) is 31.6 Å². The molecule has 114 valence electrons. The highest BCUT2D eigenvalue weighted by Crippen LogP contribution is 2.41. The van der Waals surface area contributed by atoms with Gasteiger partial charge in [0.1, 0.15) is 0 Å². The first-order valence-corrected chi connectivity index (χ1v) is 7.13. The lowest BCUT2D eigenvalue weighted by Crippen LogP contribution is -2.22. The van der Waals surface area contributed by atoms with Gasteiger partial charge in [-0.3, -0.25) is 19.2 Å². The van der Waals surface area contributed by atoms with E-state index < -0.39 is 11.9 Å². The van der Waals surface area contributed by atoms with Crippen LogP contribution in [0, 0.1) is 5.92 Å². The molecule has 6 heteroatoms. The fourth-order valence-electron chi connectivity index (χ4n) is 2.98. The van der Waals surface area contributed by atoms with Gasteiger partial charge in [0.25, 0.3) is 0 Å². The highest BCUT2D eigenvalue weighted by molar-refractivity contribution is 6.00. The van der Waals surface area contributed by atoms with Gasteiger partial charge in [-0.15, -0.1) is 0 Å². The number of hydrogen-bond donors (Lipinski definition) is 0. The first-order chi connectivity index (χ1) is 10.6. The summed E-state index contributed by atoms with van der Waals surface area (Å²) in [6, 6.07) is 7.80. The minimum Gasteiger partial charge on any atom is -0.393 e. The van der Waals surface area contributed by atoms with Crippen molar-refractivity contribution < 1.29 is 28.7 Å². The van der Waals surface area contributed by atoms with Gasteiger partial charge < -0.3 is 9.47 Å². The first kappa shape index (κ1) is 14.4. The molecule has 0 aromatic heterocycles. The normalized spacial score (nSPS) is 25.6. The molecule has 2 atom stereocenters. The number of aryl methyl sites for hydroxylation is 1. The topological polar surface area (TPSA) is 86.7 Å². The summed E-state index contributed by atoms with van der Waals surface area (Å²) in [6.07, 6.45) is 2.11. The molecule has 0 N–H and O–H groups in total. The summed E-state index contributed by atoms with van der Waals surface area (Å²) in [5.41, 5.74) is 2.15. The molecular weight excluding hydrogens is 288 g/mol. The van der Waals surface area contributed by atoms with Crippen LogP contribution in [0.25, 0.3) is 0 Å². The van der Waals surface area contributed by atoms with E-state index in [0.717, 1.165) is 18.4 Å². The van der Waals surface area contributed by atoms with E-state index in [4.69, 9.17) is 0 Å². The number of hydrogen-bond acceptors (Lipinski definition) is 6. The van der Waals surface area contributed by atoms with Crippen LogP contribution in [-0.4, -0.2) is 23.9 Å². The smallest absolute Gasteiger partial charge is 0.321 e. The minimum atomic E-state index is -0.398. The summed E-state index contributed by atoms with van der Waals surface area (Å²) < 4.78 is 8.77. The lowest BCUT2D eigenvalue weighted by Gasteiger charge is -2.22. The van der Waals surface area contributed by atoms with Gasteiger partial charge in [0.15, 0.2) is 0 Å². The number of esters is 4. The Morgan fingerprint density at radius 1 is 0.818 bits per heavy atom. The Morgan fingerprint density at radius 2 is 1.50 bits per heavy atom. The summed E-state index contributed by atoms with van der Waals surface area (Å²) in [5.74, 6) is -2.11. The van der Waals surface area contributed by atoms with Crippen molar-refractivity contribution in [2.24, 2.45) is 5.92 Å². The van der Waals surface area contributed by atoms with Crippen molar-refractivity contribution in [3.8, 4) is 0 Å². The van der Waals surface area contributed by atoms with E-state index in [1.54, 1.807) is 0 Å². The van der Waals surface area contributed by atoms with Crippen molar-refractivity contribution in [3.63, 3.8) is 0 Å². The molecule has 0 bridgehead atoms. The molecular formula is C16H14O6. The van der Waals surface area contributed by atoms with E-state index in [-0.39, 0.29) is 36.6 Å². The van der Waals surface area contributed by atoms with Crippen molar-refractivity contribution in [1.29, 1.82) is 0 Å². The molecule has 0 saturated carbocycles. The maximum atomic E-state index is 11.5. The molecule has 0 radical (unpaired) electrons. The van der Waals surface area contributed by atoms with Gasteiger partial charge in [0.2, 0.25) is 0 Å². The van der Waals surface area contributed by atoms with Gasteiger partial charge in [-0.1, -0.05) is 24.3 Å². The maximum absolute atomic E-state index is 11.5. The predicted molar refractivity (Wildman–Crippen MR) is 72.4 cm³/mol. The van der Waals surface area contributed by atoms with E-state index in [2.05, 4.69) is 9.47 Å². The molecule has 1 aromatic carbocycles. The standard InChI is InChI=1S/C12H10O3.C4H4O3/c13-11-9-6-5-7-3-1-2-4-8(7)10(9)12(14)15-11;5-3-1-2-4(6)7-3/h1-4,9-10H,5-6H2;1-2H2. The SMILES string of the molecule is O=C1CCC(=O)O1.O=C1OC(=O)C2c3ccccc3CCC12. The summed E-state index contributed by atoms with van der Waals surface area (Å²) in [6.45, 7) is 0. The Morgan fingerprint density at radius 3 is 2.14 bits per heavy atom. The quantitative estimate of drug-likeness (QED) is 0.530. The van der Waals surface area contributed by atoms with Crippen LogP contribution in [-0.2, 0) is 35.1 Å². The predicted octanol–water partition coefficient (Wildman–Crippen LogP) is 1.27. The Balaban J connectivity index is 0.000000174. The van der Waals surface area contributed by atoms with Gasteiger partial charge in [0.05, 0.1) is 24.7 Å². The molecule has 2 unspecified atom stereocenters. The zero-order chi connectivity index (χ0) is 15.7. The van der Waals surface area contributed by atoms with E-state index in [1.807, 2.05) is 24.3 Å². The maximum Gasteiger partial charge on any atom is 0.321 e. The molecule has 2 aliphatic heterocycles. The van der Waals surface area contributed by atoms with Crippen molar-refractivity contribution >= 4 is 23.9 Å². The zero-order valence-electron chi connectivity index (χ0n) is 11.7. The third-order valence-corrected chi connectivity index (χ3v) is 4.04. The minimum absolute atomic E-state index is 0.243. The Labute approximate surface area is 126 Å². The van der Waals surface area contributed by atoms with Crippen LogP contribution in [0.15, 0.2) is 24.3 Å². The summed E-state index contributed by atoms with van der Waals surface area (Å²) in [5, 5.41) is 0. The molecule has 6 nitrogen and oxygen atoms in total. The van der Waals surface area contributed by atoms with Crippen LogP contribution in [0.2, 0.25) is 0 Å². The molecule has 3 aliphatic rings. The molecule has 1 aliphatic carbocycles. The number of carbonyl (C=O) groups excluding carboxylic acids is 4. The summed E-state index contributed by atoms with van der Waals surface area (Å²) in [7, 11) is 0. The lowest BCUT2D eigenvalue weighted by atomic mass is 9.76. The molecule has 2 heterocycles. The second-order valence-corrected chi connectivity index (χ2v) is 5.41. The monoisotopic (exact) mass is 302 g/mol. The average Bonchev–Trinajstić information content (AvgIpc) is 3.02. The number of rotatable bonds is 0. The molecule has 2 saturated heterocycles. The molecule has 1 aromatic rings. The van der Waals surface area contributed by atoms with Crippen molar-refractivity contribution in [3.05, 3.63) is 35.4 Å². The largest absolute Gasteiger partial charge is 0.393 e. The van der Waals surface area contributed by atoms with Crippen LogP contribution in [0.4, 0.5) is 0 Å². The van der Waals surface area contributed by atoms with E-state index in [1.165, 1.54) is 5.56 Å². The number of cyclic esters (lactones) is 4. The fourth-order valence-corrected chi connectivity index (χ4v) is 2.98. The second-order valence-electron chi connectivity index (χ2n) is 5.41. The van der Waals surface area contributed by atoms with Crippen LogP contribution < -0.4 is 0 Å². The first-order valence-electron chi connectivity index (χ1n) is 7.13. The summed E-state index contributed by atoms with van der Waals surface area (Å²) >= 11 is 0. The second kappa shape index (κ2) is 5.71. The third-order valence-electron chi connectivity index (χ3n) is 4.04. The average molecular weight is 302 g/mol. The zero-order valence-corrected chi connectivity index (χ0v) is 11.7. The highest BCUT2D eigenvalue weighted by Gasteiger charge is 2.47. The van der Waals surface area contributed by atoms with Crippen molar-refractivity contribution in [1.82, 2.24) is 0 Å². The number of carbonyl (C=O) groups is 4. The molecule has 22 heavy (non-hydrogen) atoms. The molecule has 0 amide bonds. The van der Waals surface area contributed by atoms with Gasteiger partial charge in [0, 0.05) is 0 Å².